The van der Waals surface area contributed by atoms with Crippen molar-refractivity contribution in [3.05, 3.63) is 89.6 Å². The molecule has 0 saturated carbocycles. The van der Waals surface area contributed by atoms with E-state index in [-0.39, 0.29) is 11.8 Å². The van der Waals surface area contributed by atoms with Crippen molar-refractivity contribution in [2.75, 3.05) is 27.9 Å². The van der Waals surface area contributed by atoms with E-state index in [1.165, 1.54) is 0 Å². The van der Waals surface area contributed by atoms with E-state index in [2.05, 4.69) is 16.4 Å². The van der Waals surface area contributed by atoms with Crippen LogP contribution in [0.2, 0.25) is 0 Å². The lowest BCUT2D eigenvalue weighted by Gasteiger charge is -2.22. The van der Waals surface area contributed by atoms with E-state index in [0.717, 1.165) is 33.3 Å². The summed E-state index contributed by atoms with van der Waals surface area (Å²) in [4.78, 5) is 16.2. The highest BCUT2D eigenvalue weighted by Gasteiger charge is 2.24. The number of carbonyl (C=O) groups is 1. The molecular weight excluding hydrogens is 416 g/mol. The molecule has 2 N–H and O–H groups in total. The van der Waals surface area contributed by atoms with Crippen molar-refractivity contribution in [3.63, 3.8) is 0 Å². The molecule has 1 unspecified atom stereocenters. The third-order valence-electron chi connectivity index (χ3n) is 5.83. The number of methoxy groups -OCH3 is 3. The van der Waals surface area contributed by atoms with Gasteiger partial charge < -0.3 is 24.5 Å². The fourth-order valence-corrected chi connectivity index (χ4v) is 4.16. The minimum absolute atomic E-state index is 0.0492. The molecule has 1 atom stereocenters. The zero-order valence-electron chi connectivity index (χ0n) is 19.1. The molecule has 1 aromatic heterocycles. The molecule has 0 radical (unpaired) electrons. The maximum atomic E-state index is 12.8. The number of carbonyl (C=O) groups excluding carboxylic acids is 1. The molecule has 4 aromatic rings. The fraction of sp³-hybridized carbons (Fsp3) is 0.222. The van der Waals surface area contributed by atoms with E-state index in [4.69, 9.17) is 14.2 Å². The summed E-state index contributed by atoms with van der Waals surface area (Å²) in [5, 5.41) is 4.23. The molecule has 0 saturated heterocycles. The molecule has 0 aliphatic carbocycles. The van der Waals surface area contributed by atoms with Gasteiger partial charge in [0.2, 0.25) is 5.91 Å². The smallest absolute Gasteiger partial charge is 0.224 e. The van der Waals surface area contributed by atoms with Crippen LogP contribution in [-0.2, 0) is 11.2 Å². The van der Waals surface area contributed by atoms with Gasteiger partial charge in [0.15, 0.2) is 11.5 Å². The summed E-state index contributed by atoms with van der Waals surface area (Å²) in [5.74, 6) is 1.91. The number of para-hydroxylation sites is 2. The highest BCUT2D eigenvalue weighted by atomic mass is 16.5. The zero-order valence-corrected chi connectivity index (χ0v) is 19.1. The van der Waals surface area contributed by atoms with Crippen LogP contribution in [0.1, 0.15) is 22.6 Å². The van der Waals surface area contributed by atoms with Gasteiger partial charge in [0.25, 0.3) is 0 Å². The summed E-state index contributed by atoms with van der Waals surface area (Å²) >= 11 is 0. The summed E-state index contributed by atoms with van der Waals surface area (Å²) < 4.78 is 16.4. The van der Waals surface area contributed by atoms with Crippen molar-refractivity contribution in [3.8, 4) is 17.2 Å². The number of hydrogen-bond donors (Lipinski definition) is 2. The molecule has 3 aromatic carbocycles. The minimum Gasteiger partial charge on any atom is -0.497 e. The number of ether oxygens (including phenoxy) is 3. The SMILES string of the molecule is COc1ccc(CC(=O)NCC(c2cccc(OC)c2OC)c2c[nH]c3ccccc23)cc1. The van der Waals surface area contributed by atoms with Crippen molar-refractivity contribution in [2.24, 2.45) is 0 Å². The van der Waals surface area contributed by atoms with Gasteiger partial charge in [-0.3, -0.25) is 4.79 Å². The van der Waals surface area contributed by atoms with Gasteiger partial charge in [-0.2, -0.15) is 0 Å². The molecule has 170 valence electrons. The van der Waals surface area contributed by atoms with Gasteiger partial charge in [-0.25, -0.2) is 0 Å². The second-order valence-electron chi connectivity index (χ2n) is 7.75. The fourth-order valence-electron chi connectivity index (χ4n) is 4.16. The molecule has 0 aliphatic heterocycles. The first-order valence-corrected chi connectivity index (χ1v) is 10.8. The number of H-pyrrole nitrogens is 1. The van der Waals surface area contributed by atoms with Crippen LogP contribution in [0, 0.1) is 0 Å². The summed E-state index contributed by atoms with van der Waals surface area (Å²) in [5.41, 5.74) is 4.01. The van der Waals surface area contributed by atoms with Crippen LogP contribution in [0.25, 0.3) is 10.9 Å². The lowest BCUT2D eigenvalue weighted by molar-refractivity contribution is -0.120. The normalized spacial score (nSPS) is 11.7. The lowest BCUT2D eigenvalue weighted by atomic mass is 9.89. The van der Waals surface area contributed by atoms with E-state index >= 15 is 0 Å². The van der Waals surface area contributed by atoms with Gasteiger partial charge in [0.1, 0.15) is 5.75 Å². The molecule has 1 heterocycles. The first-order valence-electron chi connectivity index (χ1n) is 10.8. The molecule has 0 bridgehead atoms. The standard InChI is InChI=1S/C27H28N2O4/c1-31-19-13-11-18(12-14-19)15-26(30)29-17-23(21-8-6-10-25(32-2)27(21)33-3)22-16-28-24-9-5-4-7-20(22)24/h4-14,16,23,28H,15,17H2,1-3H3,(H,29,30). The molecule has 4 rings (SSSR count). The van der Waals surface area contributed by atoms with Crippen LogP contribution in [0.3, 0.4) is 0 Å². The molecule has 1 amide bonds. The van der Waals surface area contributed by atoms with Gasteiger partial charge in [-0.15, -0.1) is 0 Å². The van der Waals surface area contributed by atoms with Crippen LogP contribution >= 0.6 is 0 Å². The Balaban J connectivity index is 1.63. The third kappa shape index (κ3) is 4.80. The Morgan fingerprint density at radius 3 is 2.39 bits per heavy atom. The number of hydrogen-bond acceptors (Lipinski definition) is 4. The minimum atomic E-state index is -0.133. The Labute approximate surface area is 193 Å². The van der Waals surface area contributed by atoms with Gasteiger partial charge in [0, 0.05) is 35.1 Å². The van der Waals surface area contributed by atoms with Crippen molar-refractivity contribution in [2.45, 2.75) is 12.3 Å². The Morgan fingerprint density at radius 2 is 1.67 bits per heavy atom. The van der Waals surface area contributed by atoms with Gasteiger partial charge >= 0.3 is 0 Å². The van der Waals surface area contributed by atoms with Crippen molar-refractivity contribution in [1.29, 1.82) is 0 Å². The van der Waals surface area contributed by atoms with Gasteiger partial charge in [-0.05, 0) is 35.4 Å². The summed E-state index contributed by atoms with van der Waals surface area (Å²) in [7, 11) is 4.88. The van der Waals surface area contributed by atoms with Gasteiger partial charge in [-0.1, -0.05) is 42.5 Å². The molecular formula is C27H28N2O4. The number of rotatable bonds is 9. The number of nitrogens with one attached hydrogen (secondary N) is 2. The number of aromatic nitrogens is 1. The first-order chi connectivity index (χ1) is 16.1. The maximum absolute atomic E-state index is 12.8. The van der Waals surface area contributed by atoms with Crippen LogP contribution in [0.5, 0.6) is 17.2 Å². The second-order valence-corrected chi connectivity index (χ2v) is 7.75. The van der Waals surface area contributed by atoms with Crippen LogP contribution in [-0.4, -0.2) is 38.8 Å². The van der Waals surface area contributed by atoms with E-state index < -0.39 is 0 Å². The van der Waals surface area contributed by atoms with E-state index in [9.17, 15) is 4.79 Å². The Bertz CT molecular complexity index is 1230. The average Bonchev–Trinajstić information content (AvgIpc) is 3.28. The van der Waals surface area contributed by atoms with Gasteiger partial charge in [0.05, 0.1) is 27.8 Å². The molecule has 0 fully saturated rings. The van der Waals surface area contributed by atoms with E-state index in [1.54, 1.807) is 21.3 Å². The molecule has 6 nitrogen and oxygen atoms in total. The molecule has 33 heavy (non-hydrogen) atoms. The topological polar surface area (TPSA) is 72.6 Å². The summed E-state index contributed by atoms with van der Waals surface area (Å²) in [6, 6.07) is 21.5. The summed E-state index contributed by atoms with van der Waals surface area (Å²) in [6.45, 7) is 0.417. The molecule has 6 heteroatoms. The van der Waals surface area contributed by atoms with Crippen molar-refractivity contribution >= 4 is 16.8 Å². The first kappa shape index (κ1) is 22.3. The number of aromatic amines is 1. The molecule has 0 aliphatic rings. The summed E-state index contributed by atoms with van der Waals surface area (Å²) in [6.07, 6.45) is 2.30. The number of fused-ring (bicyclic) bond motifs is 1. The lowest BCUT2D eigenvalue weighted by Crippen LogP contribution is -2.30. The second kappa shape index (κ2) is 10.1. The van der Waals surface area contributed by atoms with E-state index in [0.29, 0.717) is 24.5 Å². The highest BCUT2D eigenvalue weighted by Crippen LogP contribution is 2.40. The quantitative estimate of drug-likeness (QED) is 0.393. The maximum Gasteiger partial charge on any atom is 0.224 e. The number of benzene rings is 3. The van der Waals surface area contributed by atoms with E-state index in [1.807, 2.05) is 66.9 Å². The Hall–Kier alpha value is -3.93. The highest BCUT2D eigenvalue weighted by molar-refractivity contribution is 5.85. The number of amides is 1. The van der Waals surface area contributed by atoms with Crippen LogP contribution in [0.4, 0.5) is 0 Å². The zero-order chi connectivity index (χ0) is 23.2. The van der Waals surface area contributed by atoms with Crippen molar-refractivity contribution in [1.82, 2.24) is 10.3 Å². The third-order valence-corrected chi connectivity index (χ3v) is 5.83. The average molecular weight is 445 g/mol. The predicted molar refractivity (Wildman–Crippen MR) is 129 cm³/mol. The monoisotopic (exact) mass is 444 g/mol. The Morgan fingerprint density at radius 1 is 0.879 bits per heavy atom. The Kier molecular flexibility index (Phi) is 6.83. The molecule has 0 spiro atoms. The van der Waals surface area contributed by atoms with Crippen LogP contribution < -0.4 is 19.5 Å². The largest absolute Gasteiger partial charge is 0.497 e. The van der Waals surface area contributed by atoms with Crippen LogP contribution in [0.15, 0.2) is 72.9 Å². The predicted octanol–water partition coefficient (Wildman–Crippen LogP) is 4.68. The van der Waals surface area contributed by atoms with Crippen molar-refractivity contribution < 1.29 is 19.0 Å².